The average molecular weight is 374 g/mol. The van der Waals surface area contributed by atoms with Crippen molar-refractivity contribution in [1.82, 2.24) is 5.43 Å². The summed E-state index contributed by atoms with van der Waals surface area (Å²) in [5.74, 6) is 1.02. The van der Waals surface area contributed by atoms with Crippen molar-refractivity contribution in [1.29, 1.82) is 0 Å². The van der Waals surface area contributed by atoms with Crippen molar-refractivity contribution >= 4 is 12.1 Å². The molecule has 0 heterocycles. The van der Waals surface area contributed by atoms with Crippen LogP contribution >= 0.6 is 0 Å². The first kappa shape index (κ1) is 19.2. The van der Waals surface area contributed by atoms with Crippen LogP contribution in [0.2, 0.25) is 0 Å². The summed E-state index contributed by atoms with van der Waals surface area (Å²) in [7, 11) is 1.60. The van der Waals surface area contributed by atoms with Gasteiger partial charge in [-0.05, 0) is 47.9 Å². The highest BCUT2D eigenvalue weighted by atomic mass is 16.5. The van der Waals surface area contributed by atoms with Crippen molar-refractivity contribution in [2.24, 2.45) is 5.10 Å². The molecule has 0 radical (unpaired) electrons. The van der Waals surface area contributed by atoms with E-state index >= 15 is 0 Å². The third-order valence-corrected chi connectivity index (χ3v) is 4.13. The number of carbonyl (C=O) groups excluding carboxylic acids is 1. The van der Waals surface area contributed by atoms with Crippen LogP contribution in [-0.4, -0.2) is 25.3 Å². The minimum Gasteiger partial charge on any atom is -0.497 e. The zero-order chi connectivity index (χ0) is 19.8. The monoisotopic (exact) mass is 374 g/mol. The maximum Gasteiger partial charge on any atom is 0.280 e. The molecular formula is C23H22N2O3. The standard InChI is InChI=1S/C23H22N2O3/c1-17(23(26)25-24-16-18-7-6-10-22(15-18)27-2)28-21-13-11-20(12-14-21)19-8-4-3-5-9-19/h3-17H,1-2H3,(H,25,26)/b24-16-/t17-/m1/s1. The number of hydrazone groups is 1. The van der Waals surface area contributed by atoms with Gasteiger partial charge in [0.25, 0.3) is 5.91 Å². The summed E-state index contributed by atoms with van der Waals surface area (Å²) >= 11 is 0. The first-order valence-corrected chi connectivity index (χ1v) is 8.95. The van der Waals surface area contributed by atoms with E-state index in [2.05, 4.69) is 10.5 Å². The Morgan fingerprint density at radius 3 is 2.36 bits per heavy atom. The number of methoxy groups -OCH3 is 1. The van der Waals surface area contributed by atoms with E-state index in [1.165, 1.54) is 0 Å². The highest BCUT2D eigenvalue weighted by Crippen LogP contribution is 2.22. The molecule has 0 spiro atoms. The van der Waals surface area contributed by atoms with E-state index in [-0.39, 0.29) is 5.91 Å². The lowest BCUT2D eigenvalue weighted by molar-refractivity contribution is -0.127. The predicted octanol–water partition coefficient (Wildman–Crippen LogP) is 4.28. The Morgan fingerprint density at radius 2 is 1.64 bits per heavy atom. The van der Waals surface area contributed by atoms with Crippen LogP contribution in [0.3, 0.4) is 0 Å². The minimum absolute atomic E-state index is 0.328. The molecule has 1 amide bonds. The number of nitrogens with one attached hydrogen (secondary N) is 1. The van der Waals surface area contributed by atoms with Gasteiger partial charge in [-0.15, -0.1) is 0 Å². The Kier molecular flexibility index (Phi) is 6.41. The van der Waals surface area contributed by atoms with E-state index in [0.717, 1.165) is 22.4 Å². The molecule has 0 saturated carbocycles. The van der Waals surface area contributed by atoms with Gasteiger partial charge in [0, 0.05) is 0 Å². The third kappa shape index (κ3) is 5.20. The molecule has 3 aromatic carbocycles. The summed E-state index contributed by atoms with van der Waals surface area (Å²) in [5.41, 5.74) is 5.54. The van der Waals surface area contributed by atoms with Gasteiger partial charge in [-0.2, -0.15) is 5.10 Å². The number of ether oxygens (including phenoxy) is 2. The molecule has 0 aromatic heterocycles. The highest BCUT2D eigenvalue weighted by Gasteiger charge is 2.13. The van der Waals surface area contributed by atoms with Gasteiger partial charge in [0.1, 0.15) is 11.5 Å². The van der Waals surface area contributed by atoms with Crippen molar-refractivity contribution in [2.75, 3.05) is 7.11 Å². The summed E-state index contributed by atoms with van der Waals surface area (Å²) in [6.45, 7) is 1.68. The van der Waals surface area contributed by atoms with E-state index < -0.39 is 6.10 Å². The quantitative estimate of drug-likeness (QED) is 0.496. The number of carbonyl (C=O) groups is 1. The van der Waals surface area contributed by atoms with Crippen LogP contribution < -0.4 is 14.9 Å². The van der Waals surface area contributed by atoms with Crippen LogP contribution in [0, 0.1) is 0 Å². The zero-order valence-corrected chi connectivity index (χ0v) is 15.8. The number of benzene rings is 3. The Hall–Kier alpha value is -3.60. The van der Waals surface area contributed by atoms with E-state index in [1.807, 2.05) is 78.9 Å². The molecule has 28 heavy (non-hydrogen) atoms. The normalized spacial score (nSPS) is 11.8. The summed E-state index contributed by atoms with van der Waals surface area (Å²) in [6, 6.07) is 25.1. The van der Waals surface area contributed by atoms with Gasteiger partial charge in [-0.1, -0.05) is 54.6 Å². The summed E-state index contributed by atoms with van der Waals surface area (Å²) < 4.78 is 10.9. The topological polar surface area (TPSA) is 59.9 Å². The van der Waals surface area contributed by atoms with Crippen molar-refractivity contribution < 1.29 is 14.3 Å². The molecule has 0 aliphatic rings. The first-order chi connectivity index (χ1) is 13.7. The SMILES string of the molecule is COc1cccc(/C=N\NC(=O)[C@@H](C)Oc2ccc(-c3ccccc3)cc2)c1. The molecule has 0 fully saturated rings. The van der Waals surface area contributed by atoms with E-state index in [1.54, 1.807) is 20.2 Å². The van der Waals surface area contributed by atoms with Gasteiger partial charge < -0.3 is 9.47 Å². The molecular weight excluding hydrogens is 352 g/mol. The maximum absolute atomic E-state index is 12.2. The molecule has 0 aliphatic heterocycles. The van der Waals surface area contributed by atoms with Gasteiger partial charge in [0.05, 0.1) is 13.3 Å². The van der Waals surface area contributed by atoms with E-state index in [4.69, 9.17) is 9.47 Å². The molecule has 3 rings (SSSR count). The molecule has 0 bridgehead atoms. The second-order valence-electron chi connectivity index (χ2n) is 6.16. The Labute approximate surface area is 164 Å². The average Bonchev–Trinajstić information content (AvgIpc) is 2.75. The van der Waals surface area contributed by atoms with Gasteiger partial charge in [-0.25, -0.2) is 5.43 Å². The van der Waals surface area contributed by atoms with Crippen LogP contribution in [0.15, 0.2) is 84.0 Å². The van der Waals surface area contributed by atoms with E-state index in [0.29, 0.717) is 5.75 Å². The molecule has 0 unspecified atom stereocenters. The smallest absolute Gasteiger partial charge is 0.280 e. The zero-order valence-electron chi connectivity index (χ0n) is 15.8. The lowest BCUT2D eigenvalue weighted by atomic mass is 10.1. The lowest BCUT2D eigenvalue weighted by Gasteiger charge is -2.13. The molecule has 0 aliphatic carbocycles. The third-order valence-electron chi connectivity index (χ3n) is 4.13. The summed E-state index contributed by atoms with van der Waals surface area (Å²) in [5, 5.41) is 3.97. The van der Waals surface area contributed by atoms with Crippen LogP contribution in [0.5, 0.6) is 11.5 Å². The van der Waals surface area contributed by atoms with Crippen LogP contribution in [0.1, 0.15) is 12.5 Å². The van der Waals surface area contributed by atoms with Crippen molar-refractivity contribution in [3.63, 3.8) is 0 Å². The first-order valence-electron chi connectivity index (χ1n) is 8.95. The van der Waals surface area contributed by atoms with Crippen LogP contribution in [0.4, 0.5) is 0 Å². The number of rotatable bonds is 7. The lowest BCUT2D eigenvalue weighted by Crippen LogP contribution is -2.33. The molecule has 142 valence electrons. The van der Waals surface area contributed by atoms with E-state index in [9.17, 15) is 4.79 Å². The summed E-state index contributed by atoms with van der Waals surface area (Å²) in [6.07, 6.45) is 0.881. The second-order valence-corrected chi connectivity index (χ2v) is 6.16. The number of amides is 1. The predicted molar refractivity (Wildman–Crippen MR) is 111 cm³/mol. The van der Waals surface area contributed by atoms with Gasteiger partial charge in [0.2, 0.25) is 0 Å². The van der Waals surface area contributed by atoms with Crippen molar-refractivity contribution in [3.05, 3.63) is 84.4 Å². The van der Waals surface area contributed by atoms with Gasteiger partial charge >= 0.3 is 0 Å². The molecule has 3 aromatic rings. The van der Waals surface area contributed by atoms with Gasteiger partial charge in [-0.3, -0.25) is 4.79 Å². The number of hydrogen-bond acceptors (Lipinski definition) is 4. The molecule has 5 nitrogen and oxygen atoms in total. The molecule has 5 heteroatoms. The number of hydrogen-bond donors (Lipinski definition) is 1. The fourth-order valence-electron chi connectivity index (χ4n) is 2.60. The Balaban J connectivity index is 1.54. The van der Waals surface area contributed by atoms with Crippen molar-refractivity contribution in [2.45, 2.75) is 13.0 Å². The fraction of sp³-hybridized carbons (Fsp3) is 0.130. The second kappa shape index (κ2) is 9.37. The molecule has 1 N–H and O–H groups in total. The summed E-state index contributed by atoms with van der Waals surface area (Å²) in [4.78, 5) is 12.2. The Morgan fingerprint density at radius 1 is 0.929 bits per heavy atom. The Bertz CT molecular complexity index is 938. The minimum atomic E-state index is -0.676. The maximum atomic E-state index is 12.2. The van der Waals surface area contributed by atoms with Gasteiger partial charge in [0.15, 0.2) is 6.10 Å². The molecule has 0 saturated heterocycles. The largest absolute Gasteiger partial charge is 0.497 e. The van der Waals surface area contributed by atoms with Crippen molar-refractivity contribution in [3.8, 4) is 22.6 Å². The highest BCUT2D eigenvalue weighted by molar-refractivity contribution is 5.84. The van der Waals surface area contributed by atoms with Crippen LogP contribution in [-0.2, 0) is 4.79 Å². The fourth-order valence-corrected chi connectivity index (χ4v) is 2.60. The molecule has 1 atom stereocenters. The van der Waals surface area contributed by atoms with Crippen LogP contribution in [0.25, 0.3) is 11.1 Å². The number of nitrogens with zero attached hydrogens (tertiary/aromatic N) is 1.